The van der Waals surface area contributed by atoms with E-state index in [1.807, 2.05) is 6.20 Å². The summed E-state index contributed by atoms with van der Waals surface area (Å²) in [6.07, 6.45) is 6.05. The van der Waals surface area contributed by atoms with Crippen LogP contribution in [0.3, 0.4) is 0 Å². The highest BCUT2D eigenvalue weighted by Gasteiger charge is 2.17. The van der Waals surface area contributed by atoms with Crippen molar-refractivity contribution in [2.45, 2.75) is 32.7 Å². The highest BCUT2D eigenvalue weighted by atomic mass is 19.1. The molecule has 1 fully saturated rings. The van der Waals surface area contributed by atoms with Crippen LogP contribution in [-0.4, -0.2) is 41.2 Å². The van der Waals surface area contributed by atoms with Crippen LogP contribution in [0.2, 0.25) is 0 Å². The molecule has 0 unspecified atom stereocenters. The van der Waals surface area contributed by atoms with Gasteiger partial charge in [-0.05, 0) is 68.8 Å². The predicted octanol–water partition coefficient (Wildman–Crippen LogP) is 4.99. The minimum atomic E-state index is -1.11. The molecule has 0 atom stereocenters. The molecular formula is C23H27FN2O3. The number of aromatic carboxylic acids is 1. The van der Waals surface area contributed by atoms with Gasteiger partial charge in [0, 0.05) is 29.2 Å². The Morgan fingerprint density at radius 3 is 2.59 bits per heavy atom. The first kappa shape index (κ1) is 20.9. The topological polar surface area (TPSA) is 65.6 Å². The van der Waals surface area contributed by atoms with Crippen LogP contribution in [0.4, 0.5) is 4.39 Å². The number of hydrogen-bond acceptors (Lipinski definition) is 3. The zero-order valence-electron chi connectivity index (χ0n) is 16.9. The van der Waals surface area contributed by atoms with E-state index in [0.717, 1.165) is 18.4 Å². The maximum absolute atomic E-state index is 12.3. The first-order valence-corrected chi connectivity index (χ1v) is 9.84. The van der Waals surface area contributed by atoms with Crippen molar-refractivity contribution < 1.29 is 19.0 Å². The van der Waals surface area contributed by atoms with Gasteiger partial charge in [0.2, 0.25) is 0 Å². The van der Waals surface area contributed by atoms with Gasteiger partial charge in [0.1, 0.15) is 11.6 Å². The number of benzene rings is 2. The molecule has 5 nitrogen and oxygen atoms in total. The number of hydrogen-bond donors (Lipinski definition) is 2. The molecule has 1 aromatic heterocycles. The number of aromatic amines is 1. The number of nitrogens with one attached hydrogen (secondary N) is 1. The molecule has 6 heteroatoms. The summed E-state index contributed by atoms with van der Waals surface area (Å²) in [5.41, 5.74) is 3.79. The van der Waals surface area contributed by atoms with E-state index in [4.69, 9.17) is 9.84 Å². The molecule has 0 amide bonds. The van der Waals surface area contributed by atoms with Crippen LogP contribution < -0.4 is 4.74 Å². The van der Waals surface area contributed by atoms with Crippen molar-refractivity contribution in [2.24, 2.45) is 0 Å². The average molecular weight is 398 g/mol. The molecule has 0 aliphatic carbocycles. The van der Waals surface area contributed by atoms with Crippen molar-refractivity contribution in [3.63, 3.8) is 0 Å². The Bertz CT molecular complexity index is 977. The van der Waals surface area contributed by atoms with Gasteiger partial charge in [-0.2, -0.15) is 0 Å². The van der Waals surface area contributed by atoms with Crippen molar-refractivity contribution in [3.05, 3.63) is 65.1 Å². The third-order valence-corrected chi connectivity index (χ3v) is 5.23. The average Bonchev–Trinajstić information content (AvgIpc) is 3.22. The third kappa shape index (κ3) is 5.15. The number of nitrogens with zero attached hydrogens (tertiary/aromatic N) is 1. The Morgan fingerprint density at radius 1 is 1.21 bits per heavy atom. The number of aromatic nitrogens is 1. The molecule has 4 rings (SSSR count). The fraction of sp³-hybridized carbons (Fsp3) is 0.348. The lowest BCUT2D eigenvalue weighted by Crippen LogP contribution is -2.29. The Hall–Kier alpha value is -2.86. The summed E-state index contributed by atoms with van der Waals surface area (Å²) in [7, 11) is 1.77. The van der Waals surface area contributed by atoms with Crippen molar-refractivity contribution in [3.8, 4) is 5.75 Å². The lowest BCUT2D eigenvalue weighted by molar-refractivity contribution is 0.0696. The lowest BCUT2D eigenvalue weighted by atomic mass is 10.0. The first-order valence-electron chi connectivity index (χ1n) is 9.84. The van der Waals surface area contributed by atoms with Crippen molar-refractivity contribution >= 4 is 16.9 Å². The maximum atomic E-state index is 12.3. The smallest absolute Gasteiger partial charge is 0.335 e. The Labute approximate surface area is 170 Å². The van der Waals surface area contributed by atoms with Crippen LogP contribution in [0, 0.1) is 12.7 Å². The number of carboxylic acid groups (broad SMARTS) is 1. The summed E-state index contributed by atoms with van der Waals surface area (Å²) < 4.78 is 17.9. The fourth-order valence-corrected chi connectivity index (χ4v) is 3.74. The zero-order chi connectivity index (χ0) is 20.8. The summed E-state index contributed by atoms with van der Waals surface area (Å²) in [6, 6.07) is 9.20. The number of methoxy groups -OCH3 is 1. The Balaban J connectivity index is 0.000000204. The van der Waals surface area contributed by atoms with E-state index in [1.54, 1.807) is 7.11 Å². The van der Waals surface area contributed by atoms with E-state index in [0.29, 0.717) is 0 Å². The number of carboxylic acids is 1. The van der Waals surface area contributed by atoms with Crippen LogP contribution in [0.5, 0.6) is 5.75 Å². The van der Waals surface area contributed by atoms with Gasteiger partial charge in [-0.1, -0.05) is 12.5 Å². The number of piperidine rings is 1. The van der Waals surface area contributed by atoms with Gasteiger partial charge in [0.25, 0.3) is 0 Å². The van der Waals surface area contributed by atoms with Gasteiger partial charge in [-0.15, -0.1) is 0 Å². The summed E-state index contributed by atoms with van der Waals surface area (Å²) >= 11 is 0. The van der Waals surface area contributed by atoms with Gasteiger partial charge in [0.15, 0.2) is 0 Å². The summed E-state index contributed by atoms with van der Waals surface area (Å²) in [5.74, 6) is -0.616. The van der Waals surface area contributed by atoms with Crippen molar-refractivity contribution in [1.29, 1.82) is 0 Å². The largest absolute Gasteiger partial charge is 0.496 e. The van der Waals surface area contributed by atoms with Crippen LogP contribution >= 0.6 is 0 Å². The molecule has 3 aromatic rings. The molecule has 2 heterocycles. The Kier molecular flexibility index (Phi) is 6.88. The molecule has 0 radical (unpaired) electrons. The van der Waals surface area contributed by atoms with Gasteiger partial charge in [-0.25, -0.2) is 9.18 Å². The van der Waals surface area contributed by atoms with Crippen molar-refractivity contribution in [1.82, 2.24) is 9.88 Å². The molecule has 2 aromatic carbocycles. The minimum absolute atomic E-state index is 0.0278. The second-order valence-electron chi connectivity index (χ2n) is 7.29. The Morgan fingerprint density at radius 2 is 1.97 bits per heavy atom. The van der Waals surface area contributed by atoms with Crippen LogP contribution in [-0.2, 0) is 6.54 Å². The van der Waals surface area contributed by atoms with E-state index in [-0.39, 0.29) is 5.56 Å². The lowest BCUT2D eigenvalue weighted by Gasteiger charge is -2.27. The van der Waals surface area contributed by atoms with Crippen LogP contribution in [0.25, 0.3) is 10.9 Å². The summed E-state index contributed by atoms with van der Waals surface area (Å²) in [6.45, 7) is 5.55. The van der Waals surface area contributed by atoms with Crippen LogP contribution in [0.1, 0.15) is 40.7 Å². The molecule has 1 aliphatic heterocycles. The van der Waals surface area contributed by atoms with E-state index >= 15 is 0 Å². The van der Waals surface area contributed by atoms with E-state index < -0.39 is 11.8 Å². The molecule has 29 heavy (non-hydrogen) atoms. The second-order valence-corrected chi connectivity index (χ2v) is 7.29. The highest BCUT2D eigenvalue weighted by Crippen LogP contribution is 2.32. The predicted molar refractivity (Wildman–Crippen MR) is 112 cm³/mol. The molecular weight excluding hydrogens is 371 g/mol. The fourth-order valence-electron chi connectivity index (χ4n) is 3.74. The van der Waals surface area contributed by atoms with Crippen LogP contribution in [0.15, 0.2) is 42.6 Å². The van der Waals surface area contributed by atoms with Gasteiger partial charge < -0.3 is 14.8 Å². The summed E-state index contributed by atoms with van der Waals surface area (Å²) in [5, 5.41) is 9.65. The number of likely N-dealkylation sites (tertiary alicyclic amines) is 1. The number of rotatable bonds is 4. The van der Waals surface area contributed by atoms with E-state index in [2.05, 4.69) is 28.9 Å². The first-order chi connectivity index (χ1) is 14.0. The van der Waals surface area contributed by atoms with Gasteiger partial charge in [0.05, 0.1) is 12.7 Å². The molecule has 1 aliphatic rings. The molecule has 2 N–H and O–H groups in total. The minimum Gasteiger partial charge on any atom is -0.496 e. The number of halogens is 1. The van der Waals surface area contributed by atoms with Gasteiger partial charge >= 0.3 is 5.97 Å². The molecule has 154 valence electrons. The number of carbonyl (C=O) groups is 1. The molecule has 1 saturated heterocycles. The number of fused-ring (bicyclic) bond motifs is 1. The molecule has 0 spiro atoms. The van der Waals surface area contributed by atoms with Crippen molar-refractivity contribution in [2.75, 3.05) is 20.2 Å². The number of aryl methyl sites for hydroxylation is 1. The number of ether oxygens (including phenoxy) is 1. The monoisotopic (exact) mass is 398 g/mol. The van der Waals surface area contributed by atoms with E-state index in [1.165, 1.54) is 72.6 Å². The number of H-pyrrole nitrogens is 1. The maximum Gasteiger partial charge on any atom is 0.335 e. The second kappa shape index (κ2) is 9.56. The standard InChI is InChI=1S/C16H22N2O.C7H5FO2/c1-12-10-15(19-2)14(13-6-7-17-16(12)13)11-18-8-4-3-5-9-18;8-6-3-1-2-5(4-6)7(9)10/h6-7,10,17H,3-5,8-9,11H2,1-2H3;1-4H,(H,9,10). The molecule has 0 bridgehead atoms. The quantitative estimate of drug-likeness (QED) is 0.649. The highest BCUT2D eigenvalue weighted by molar-refractivity contribution is 5.88. The summed E-state index contributed by atoms with van der Waals surface area (Å²) in [4.78, 5) is 16.1. The normalized spacial score (nSPS) is 14.3. The van der Waals surface area contributed by atoms with Gasteiger partial charge in [-0.3, -0.25) is 4.90 Å². The zero-order valence-corrected chi connectivity index (χ0v) is 16.9. The molecule has 0 saturated carbocycles. The SMILES string of the molecule is COc1cc(C)c2[nH]ccc2c1CN1CCCCC1.O=C(O)c1cccc(F)c1. The third-order valence-electron chi connectivity index (χ3n) is 5.23. The van der Waals surface area contributed by atoms with E-state index in [9.17, 15) is 9.18 Å².